The van der Waals surface area contributed by atoms with E-state index in [2.05, 4.69) is 0 Å². The first kappa shape index (κ1) is 16.3. The quantitative estimate of drug-likeness (QED) is 0.621. The lowest BCUT2D eigenvalue weighted by molar-refractivity contribution is -0.168. The van der Waals surface area contributed by atoms with Gasteiger partial charge in [-0.25, -0.2) is 4.79 Å². The van der Waals surface area contributed by atoms with Crippen molar-refractivity contribution >= 4 is 11.9 Å². The predicted molar refractivity (Wildman–Crippen MR) is 77.7 cm³/mol. The molecule has 0 amide bonds. The number of rotatable bonds is 3. The standard InChI is InChI=1S/C16H20O6/c1-8(2)12-11-7-16(14(18)20-4,15(19)21-5)6-10(11)9(3)13(17)22-12/h8H,6-7H2,1-5H3. The van der Waals surface area contributed by atoms with Gasteiger partial charge in [0.2, 0.25) is 0 Å². The Morgan fingerprint density at radius 3 is 2.05 bits per heavy atom. The van der Waals surface area contributed by atoms with Crippen LogP contribution in [-0.4, -0.2) is 26.2 Å². The summed E-state index contributed by atoms with van der Waals surface area (Å²) in [4.78, 5) is 36.5. The van der Waals surface area contributed by atoms with Crippen molar-refractivity contribution in [2.75, 3.05) is 14.2 Å². The molecule has 1 aromatic heterocycles. The van der Waals surface area contributed by atoms with E-state index in [9.17, 15) is 14.4 Å². The van der Waals surface area contributed by atoms with Crippen LogP contribution >= 0.6 is 0 Å². The van der Waals surface area contributed by atoms with Crippen molar-refractivity contribution in [2.24, 2.45) is 5.41 Å². The summed E-state index contributed by atoms with van der Waals surface area (Å²) < 4.78 is 15.0. The van der Waals surface area contributed by atoms with Crippen molar-refractivity contribution in [2.45, 2.75) is 39.5 Å². The first-order valence-electron chi connectivity index (χ1n) is 7.10. The highest BCUT2D eigenvalue weighted by molar-refractivity contribution is 6.01. The van der Waals surface area contributed by atoms with E-state index in [4.69, 9.17) is 13.9 Å². The zero-order chi connectivity index (χ0) is 16.7. The summed E-state index contributed by atoms with van der Waals surface area (Å²) in [6.45, 7) is 5.42. The van der Waals surface area contributed by atoms with Crippen LogP contribution in [0.25, 0.3) is 0 Å². The fourth-order valence-corrected chi connectivity index (χ4v) is 3.06. The van der Waals surface area contributed by atoms with Gasteiger partial charge >= 0.3 is 17.6 Å². The molecule has 1 aromatic rings. The molecule has 6 nitrogen and oxygen atoms in total. The fourth-order valence-electron chi connectivity index (χ4n) is 3.06. The van der Waals surface area contributed by atoms with Crippen LogP contribution in [0.3, 0.4) is 0 Å². The molecule has 0 N–H and O–H groups in total. The van der Waals surface area contributed by atoms with E-state index < -0.39 is 23.0 Å². The minimum atomic E-state index is -1.44. The maximum Gasteiger partial charge on any atom is 0.339 e. The molecule has 0 atom stereocenters. The van der Waals surface area contributed by atoms with Gasteiger partial charge in [-0.15, -0.1) is 0 Å². The monoisotopic (exact) mass is 308 g/mol. The van der Waals surface area contributed by atoms with E-state index >= 15 is 0 Å². The Morgan fingerprint density at radius 2 is 1.59 bits per heavy atom. The summed E-state index contributed by atoms with van der Waals surface area (Å²) >= 11 is 0. The van der Waals surface area contributed by atoms with E-state index in [-0.39, 0.29) is 18.8 Å². The van der Waals surface area contributed by atoms with Gasteiger partial charge in [0.1, 0.15) is 5.76 Å². The zero-order valence-corrected chi connectivity index (χ0v) is 13.4. The van der Waals surface area contributed by atoms with E-state index in [1.54, 1.807) is 6.92 Å². The largest absolute Gasteiger partial charge is 0.468 e. The molecule has 0 unspecified atom stereocenters. The summed E-state index contributed by atoms with van der Waals surface area (Å²) in [6, 6.07) is 0. The molecule has 2 rings (SSSR count). The zero-order valence-electron chi connectivity index (χ0n) is 13.4. The predicted octanol–water partition coefficient (Wildman–Crippen LogP) is 1.50. The highest BCUT2D eigenvalue weighted by Crippen LogP contribution is 2.42. The minimum Gasteiger partial charge on any atom is -0.468 e. The molecule has 0 saturated carbocycles. The highest BCUT2D eigenvalue weighted by Gasteiger charge is 2.54. The topological polar surface area (TPSA) is 82.8 Å². The number of fused-ring (bicyclic) bond motifs is 1. The van der Waals surface area contributed by atoms with Crippen LogP contribution in [0.15, 0.2) is 9.21 Å². The van der Waals surface area contributed by atoms with E-state index in [1.807, 2.05) is 13.8 Å². The third-order valence-corrected chi connectivity index (χ3v) is 4.26. The molecule has 6 heteroatoms. The first-order chi connectivity index (χ1) is 10.3. The van der Waals surface area contributed by atoms with Crippen LogP contribution in [-0.2, 0) is 31.9 Å². The average Bonchev–Trinajstić information content (AvgIpc) is 2.91. The number of ether oxygens (including phenoxy) is 2. The normalized spacial score (nSPS) is 15.5. The van der Waals surface area contributed by atoms with Crippen LogP contribution in [0.1, 0.15) is 42.2 Å². The smallest absolute Gasteiger partial charge is 0.339 e. The van der Waals surface area contributed by atoms with Crippen LogP contribution in [0.2, 0.25) is 0 Å². The van der Waals surface area contributed by atoms with Crippen LogP contribution in [0, 0.1) is 12.3 Å². The molecule has 0 radical (unpaired) electrons. The fraction of sp³-hybridized carbons (Fsp3) is 0.562. The van der Waals surface area contributed by atoms with Crippen molar-refractivity contribution in [1.82, 2.24) is 0 Å². The highest BCUT2D eigenvalue weighted by atomic mass is 16.5. The van der Waals surface area contributed by atoms with Crippen molar-refractivity contribution in [3.63, 3.8) is 0 Å². The number of hydrogen-bond donors (Lipinski definition) is 0. The number of methoxy groups -OCH3 is 2. The first-order valence-corrected chi connectivity index (χ1v) is 7.10. The second-order valence-corrected chi connectivity index (χ2v) is 5.91. The minimum absolute atomic E-state index is 0.0341. The Kier molecular flexibility index (Phi) is 4.13. The molecule has 0 bridgehead atoms. The molecule has 0 fully saturated rings. The lowest BCUT2D eigenvalue weighted by atomic mass is 9.84. The number of hydrogen-bond acceptors (Lipinski definition) is 6. The second kappa shape index (κ2) is 5.59. The van der Waals surface area contributed by atoms with Crippen molar-refractivity contribution in [3.8, 4) is 0 Å². The Balaban J connectivity index is 2.67. The lowest BCUT2D eigenvalue weighted by Gasteiger charge is -2.22. The molecule has 0 saturated heterocycles. The van der Waals surface area contributed by atoms with Crippen LogP contribution in [0.4, 0.5) is 0 Å². The molecule has 0 aromatic carbocycles. The number of esters is 2. The Morgan fingerprint density at radius 1 is 1.09 bits per heavy atom. The average molecular weight is 308 g/mol. The summed E-state index contributed by atoms with van der Waals surface area (Å²) in [7, 11) is 2.46. The Bertz CT molecular complexity index is 667. The van der Waals surface area contributed by atoms with Gasteiger partial charge in [-0.3, -0.25) is 9.59 Å². The molecule has 22 heavy (non-hydrogen) atoms. The molecule has 120 valence electrons. The van der Waals surface area contributed by atoms with Gasteiger partial charge in [-0.2, -0.15) is 0 Å². The molecular weight excluding hydrogens is 288 g/mol. The van der Waals surface area contributed by atoms with Gasteiger partial charge in [-0.05, 0) is 18.1 Å². The van der Waals surface area contributed by atoms with Gasteiger partial charge in [-0.1, -0.05) is 13.8 Å². The summed E-state index contributed by atoms with van der Waals surface area (Å²) in [6.07, 6.45) is 0.221. The van der Waals surface area contributed by atoms with Crippen molar-refractivity contribution in [3.05, 3.63) is 32.9 Å². The van der Waals surface area contributed by atoms with E-state index in [0.717, 1.165) is 5.56 Å². The second-order valence-electron chi connectivity index (χ2n) is 5.91. The third-order valence-electron chi connectivity index (χ3n) is 4.26. The van der Waals surface area contributed by atoms with E-state index in [1.165, 1.54) is 14.2 Å². The summed E-state index contributed by atoms with van der Waals surface area (Å²) in [5.41, 5.74) is -0.0236. The number of carbonyl (C=O) groups excluding carboxylic acids is 2. The van der Waals surface area contributed by atoms with Crippen molar-refractivity contribution < 1.29 is 23.5 Å². The SMILES string of the molecule is COC(=O)C1(C(=O)OC)Cc2c(C(C)C)oc(=O)c(C)c2C1. The van der Waals surface area contributed by atoms with E-state index in [0.29, 0.717) is 16.9 Å². The van der Waals surface area contributed by atoms with Gasteiger partial charge < -0.3 is 13.9 Å². The molecule has 0 aliphatic heterocycles. The molecular formula is C16H20O6. The molecule has 0 spiro atoms. The van der Waals surface area contributed by atoms with Crippen molar-refractivity contribution in [1.29, 1.82) is 0 Å². The van der Waals surface area contributed by atoms with Crippen LogP contribution in [0.5, 0.6) is 0 Å². The summed E-state index contributed by atoms with van der Waals surface area (Å²) in [5, 5.41) is 0. The Hall–Kier alpha value is -2.11. The molecule has 1 aliphatic rings. The van der Waals surface area contributed by atoms with Gasteiger partial charge in [0.15, 0.2) is 5.41 Å². The Labute approximate surface area is 128 Å². The number of carbonyl (C=O) groups is 2. The molecule has 1 heterocycles. The third kappa shape index (κ3) is 2.23. The molecule has 1 aliphatic carbocycles. The van der Waals surface area contributed by atoms with Gasteiger partial charge in [0, 0.05) is 24.3 Å². The summed E-state index contributed by atoms with van der Waals surface area (Å²) in [5.74, 6) is -0.831. The van der Waals surface area contributed by atoms with Gasteiger partial charge in [0.05, 0.1) is 14.2 Å². The maximum atomic E-state index is 12.3. The lowest BCUT2D eigenvalue weighted by Crippen LogP contribution is -2.42. The van der Waals surface area contributed by atoms with Crippen LogP contribution < -0.4 is 5.63 Å². The van der Waals surface area contributed by atoms with Gasteiger partial charge in [0.25, 0.3) is 0 Å². The maximum absolute atomic E-state index is 12.3.